The summed E-state index contributed by atoms with van der Waals surface area (Å²) in [6.07, 6.45) is 1.65. The molecular weight excluding hydrogens is 428 g/mol. The van der Waals surface area contributed by atoms with Crippen LogP contribution < -0.4 is 4.74 Å². The fourth-order valence-corrected chi connectivity index (χ4v) is 4.29. The largest absolute Gasteiger partial charge is 0.507 e. The highest BCUT2D eigenvalue weighted by atomic mass is 16.5. The Labute approximate surface area is 202 Å². The van der Waals surface area contributed by atoms with Crippen LogP contribution in [0.5, 0.6) is 5.75 Å². The van der Waals surface area contributed by atoms with Crippen LogP contribution in [0.15, 0.2) is 48.0 Å². The number of Topliss-reactive ketones (excluding diaryl/α,β-unsaturated/α-hetero) is 1. The van der Waals surface area contributed by atoms with Gasteiger partial charge in [0.05, 0.1) is 17.7 Å². The molecule has 6 nitrogen and oxygen atoms in total. The molecule has 0 aromatic heterocycles. The van der Waals surface area contributed by atoms with Gasteiger partial charge < -0.3 is 19.6 Å². The second-order valence-corrected chi connectivity index (χ2v) is 9.39. The maximum Gasteiger partial charge on any atom is 0.295 e. The molecule has 1 heterocycles. The Morgan fingerprint density at radius 3 is 2.35 bits per heavy atom. The van der Waals surface area contributed by atoms with E-state index < -0.39 is 17.7 Å². The molecule has 0 bridgehead atoms. The third-order valence-corrected chi connectivity index (χ3v) is 6.06. The molecule has 1 fully saturated rings. The summed E-state index contributed by atoms with van der Waals surface area (Å²) in [7, 11) is 3.95. The molecule has 1 saturated heterocycles. The molecular formula is C28H36N2O4. The molecule has 34 heavy (non-hydrogen) atoms. The van der Waals surface area contributed by atoms with E-state index in [1.165, 1.54) is 5.56 Å². The molecule has 1 aliphatic heterocycles. The monoisotopic (exact) mass is 464 g/mol. The van der Waals surface area contributed by atoms with Crippen molar-refractivity contribution < 1.29 is 19.4 Å². The number of ether oxygens (including phenoxy) is 1. The summed E-state index contributed by atoms with van der Waals surface area (Å²) in [6.45, 7) is 9.11. The van der Waals surface area contributed by atoms with Gasteiger partial charge in [0, 0.05) is 12.1 Å². The van der Waals surface area contributed by atoms with Gasteiger partial charge in [0.15, 0.2) is 0 Å². The fraction of sp³-hybridized carbons (Fsp3) is 0.429. The van der Waals surface area contributed by atoms with Crippen LogP contribution in [0.3, 0.4) is 0 Å². The lowest BCUT2D eigenvalue weighted by atomic mass is 9.94. The van der Waals surface area contributed by atoms with Crippen LogP contribution in [-0.4, -0.2) is 59.9 Å². The van der Waals surface area contributed by atoms with Gasteiger partial charge in [0.1, 0.15) is 11.5 Å². The van der Waals surface area contributed by atoms with Gasteiger partial charge in [-0.05, 0) is 89.1 Å². The molecule has 0 spiro atoms. The predicted molar refractivity (Wildman–Crippen MR) is 135 cm³/mol. The number of carbonyl (C=O) groups excluding carboxylic acids is 2. The van der Waals surface area contributed by atoms with Crippen molar-refractivity contribution in [1.82, 2.24) is 9.80 Å². The highest BCUT2D eigenvalue weighted by Crippen LogP contribution is 2.40. The summed E-state index contributed by atoms with van der Waals surface area (Å²) in [6, 6.07) is 12.6. The summed E-state index contributed by atoms with van der Waals surface area (Å²) in [5.74, 6) is -0.645. The smallest absolute Gasteiger partial charge is 0.295 e. The van der Waals surface area contributed by atoms with Crippen molar-refractivity contribution in [2.45, 2.75) is 52.7 Å². The maximum atomic E-state index is 13.2. The molecule has 1 N–H and O–H groups in total. The van der Waals surface area contributed by atoms with E-state index in [1.807, 2.05) is 64.0 Å². The third kappa shape index (κ3) is 5.50. The Kier molecular flexibility index (Phi) is 8.15. The van der Waals surface area contributed by atoms with Crippen LogP contribution >= 0.6 is 0 Å². The second kappa shape index (κ2) is 10.9. The Hall–Kier alpha value is -3.12. The topological polar surface area (TPSA) is 70.1 Å². The number of carbonyl (C=O) groups is 2. The van der Waals surface area contributed by atoms with E-state index in [-0.39, 0.29) is 17.4 Å². The molecule has 0 aliphatic carbocycles. The number of hydrogen-bond donors (Lipinski definition) is 1. The SMILES string of the molecule is CCc1ccc(C2/C(=C(/O)c3ccc(OC(C)C)c(C)c3)C(=O)C(=O)N2CCCN(C)C)cc1. The molecule has 6 heteroatoms. The van der Waals surface area contributed by atoms with Crippen LogP contribution in [0.4, 0.5) is 0 Å². The lowest BCUT2D eigenvalue weighted by Crippen LogP contribution is -2.32. The maximum absolute atomic E-state index is 13.2. The van der Waals surface area contributed by atoms with Crippen LogP contribution in [0.25, 0.3) is 5.76 Å². The van der Waals surface area contributed by atoms with E-state index in [0.717, 1.165) is 36.3 Å². The van der Waals surface area contributed by atoms with E-state index >= 15 is 0 Å². The molecule has 1 atom stereocenters. The summed E-state index contributed by atoms with van der Waals surface area (Å²) in [5.41, 5.74) is 3.47. The lowest BCUT2D eigenvalue weighted by molar-refractivity contribution is -0.139. The molecule has 182 valence electrons. The number of aryl methyl sites for hydroxylation is 2. The average molecular weight is 465 g/mol. The minimum absolute atomic E-state index is 0.0247. The predicted octanol–water partition coefficient (Wildman–Crippen LogP) is 4.72. The Morgan fingerprint density at radius 1 is 1.12 bits per heavy atom. The third-order valence-electron chi connectivity index (χ3n) is 6.06. The zero-order valence-electron chi connectivity index (χ0n) is 21.1. The van der Waals surface area contributed by atoms with Crippen molar-refractivity contribution in [3.8, 4) is 5.75 Å². The van der Waals surface area contributed by atoms with Crippen molar-refractivity contribution in [2.75, 3.05) is 27.2 Å². The number of hydrogen-bond acceptors (Lipinski definition) is 5. The molecule has 2 aromatic rings. The number of ketones is 1. The van der Waals surface area contributed by atoms with Crippen LogP contribution in [0.1, 0.15) is 55.5 Å². The normalized spacial score (nSPS) is 17.8. The molecule has 2 aromatic carbocycles. The van der Waals surface area contributed by atoms with E-state index in [9.17, 15) is 14.7 Å². The molecule has 0 saturated carbocycles. The minimum atomic E-state index is -0.646. The Morgan fingerprint density at radius 2 is 1.79 bits per heavy atom. The molecule has 0 radical (unpaired) electrons. The van der Waals surface area contributed by atoms with Crippen LogP contribution in [-0.2, 0) is 16.0 Å². The number of rotatable bonds is 9. The molecule has 1 unspecified atom stereocenters. The molecule has 1 amide bonds. The van der Waals surface area contributed by atoms with E-state index in [0.29, 0.717) is 12.1 Å². The first kappa shape index (κ1) is 25.5. The van der Waals surface area contributed by atoms with Crippen molar-refractivity contribution in [2.24, 2.45) is 0 Å². The number of nitrogens with zero attached hydrogens (tertiary/aromatic N) is 2. The van der Waals surface area contributed by atoms with Gasteiger partial charge in [-0.15, -0.1) is 0 Å². The van der Waals surface area contributed by atoms with Crippen molar-refractivity contribution in [3.05, 3.63) is 70.3 Å². The van der Waals surface area contributed by atoms with E-state index in [1.54, 1.807) is 23.1 Å². The van der Waals surface area contributed by atoms with Gasteiger partial charge in [-0.2, -0.15) is 0 Å². The van der Waals surface area contributed by atoms with Crippen LogP contribution in [0.2, 0.25) is 0 Å². The summed E-state index contributed by atoms with van der Waals surface area (Å²) < 4.78 is 5.81. The Bertz CT molecular complexity index is 1070. The molecule has 3 rings (SSSR count). The zero-order chi connectivity index (χ0) is 25.0. The molecule has 1 aliphatic rings. The first-order valence-electron chi connectivity index (χ1n) is 11.9. The van der Waals surface area contributed by atoms with Crippen molar-refractivity contribution in [3.63, 3.8) is 0 Å². The lowest BCUT2D eigenvalue weighted by Gasteiger charge is -2.26. The summed E-state index contributed by atoms with van der Waals surface area (Å²) in [5, 5.41) is 11.3. The van der Waals surface area contributed by atoms with Gasteiger partial charge in [-0.25, -0.2) is 0 Å². The Balaban J connectivity index is 2.07. The number of aliphatic hydroxyl groups is 1. The van der Waals surface area contributed by atoms with Gasteiger partial charge in [0.25, 0.3) is 11.7 Å². The highest BCUT2D eigenvalue weighted by molar-refractivity contribution is 6.46. The first-order chi connectivity index (χ1) is 16.1. The van der Waals surface area contributed by atoms with Crippen LogP contribution in [0, 0.1) is 6.92 Å². The van der Waals surface area contributed by atoms with Gasteiger partial charge in [-0.3, -0.25) is 9.59 Å². The zero-order valence-corrected chi connectivity index (χ0v) is 21.1. The van der Waals surface area contributed by atoms with E-state index in [2.05, 4.69) is 6.92 Å². The summed E-state index contributed by atoms with van der Waals surface area (Å²) in [4.78, 5) is 29.9. The van der Waals surface area contributed by atoms with Gasteiger partial charge in [0.2, 0.25) is 0 Å². The van der Waals surface area contributed by atoms with E-state index in [4.69, 9.17) is 4.74 Å². The highest BCUT2D eigenvalue weighted by Gasteiger charge is 2.45. The average Bonchev–Trinajstić information content (AvgIpc) is 3.04. The number of likely N-dealkylation sites (tertiary alicyclic amines) is 1. The van der Waals surface area contributed by atoms with Gasteiger partial charge >= 0.3 is 0 Å². The standard InChI is InChI=1S/C28H36N2O4/c1-7-20-9-11-21(12-10-20)25-24(27(32)28(33)30(25)16-8-15-29(5)6)26(31)22-13-14-23(19(4)17-22)34-18(2)3/h9-14,17-18,25,31H,7-8,15-16H2,1-6H3/b26-24-. The first-order valence-corrected chi connectivity index (χ1v) is 11.9. The number of aliphatic hydroxyl groups excluding tert-OH is 1. The second-order valence-electron chi connectivity index (χ2n) is 9.39. The van der Waals surface area contributed by atoms with Gasteiger partial charge in [-0.1, -0.05) is 31.2 Å². The number of amides is 1. The minimum Gasteiger partial charge on any atom is -0.507 e. The van der Waals surface area contributed by atoms with Crippen molar-refractivity contribution in [1.29, 1.82) is 0 Å². The summed E-state index contributed by atoms with van der Waals surface area (Å²) >= 11 is 0. The van der Waals surface area contributed by atoms with Crippen molar-refractivity contribution >= 4 is 17.4 Å². The fourth-order valence-electron chi connectivity index (χ4n) is 4.29. The quantitative estimate of drug-likeness (QED) is 0.330. The number of benzene rings is 2.